The first-order chi connectivity index (χ1) is 7.90. The third-order valence-electron chi connectivity index (χ3n) is 3.95. The fourth-order valence-corrected chi connectivity index (χ4v) is 2.06. The van der Waals surface area contributed by atoms with Gasteiger partial charge in [-0.05, 0) is 74.9 Å². The Morgan fingerprint density at radius 2 is 1.24 bits per heavy atom. The summed E-state index contributed by atoms with van der Waals surface area (Å²) in [5.74, 6) is 0. The maximum Gasteiger partial charge on any atom is 0.154 e. The fraction of sp³-hybridized carbons (Fsp3) is 0.600. The van der Waals surface area contributed by atoms with Gasteiger partial charge in [0, 0.05) is 7.11 Å². The molecule has 1 atom stereocenters. The molecule has 0 saturated carbocycles. The van der Waals surface area contributed by atoms with Crippen molar-refractivity contribution in [3.8, 4) is 0 Å². The van der Waals surface area contributed by atoms with E-state index >= 15 is 0 Å². The summed E-state index contributed by atoms with van der Waals surface area (Å²) >= 11 is 0. The average Bonchev–Trinajstić information content (AvgIpc) is 2.33. The van der Waals surface area contributed by atoms with E-state index in [1.54, 1.807) is 7.11 Å². The third kappa shape index (κ3) is 2.88. The quantitative estimate of drug-likeness (QED) is 0.741. The number of rotatable bonds is 4. The van der Waals surface area contributed by atoms with Gasteiger partial charge in [-0.15, -0.1) is 0 Å². The molecule has 0 spiro atoms. The van der Waals surface area contributed by atoms with Gasteiger partial charge < -0.3 is 9.47 Å². The van der Waals surface area contributed by atoms with Gasteiger partial charge >= 0.3 is 0 Å². The molecule has 0 heterocycles. The smallest absolute Gasteiger partial charge is 0.154 e. The Hall–Kier alpha value is -0.860. The van der Waals surface area contributed by atoms with E-state index in [9.17, 15) is 0 Å². The van der Waals surface area contributed by atoms with Gasteiger partial charge in [0.05, 0.1) is 6.61 Å². The van der Waals surface area contributed by atoms with Crippen molar-refractivity contribution in [1.29, 1.82) is 0 Å². The van der Waals surface area contributed by atoms with E-state index in [1.165, 1.54) is 33.4 Å². The van der Waals surface area contributed by atoms with E-state index in [2.05, 4.69) is 34.6 Å². The molecule has 0 aromatic heterocycles. The molecule has 0 fully saturated rings. The van der Waals surface area contributed by atoms with E-state index in [1.807, 2.05) is 6.92 Å². The van der Waals surface area contributed by atoms with E-state index < -0.39 is 0 Å². The van der Waals surface area contributed by atoms with Gasteiger partial charge in [-0.25, -0.2) is 0 Å². The Morgan fingerprint density at radius 3 is 1.65 bits per heavy atom. The van der Waals surface area contributed by atoms with Crippen molar-refractivity contribution in [2.45, 2.75) is 54.4 Å². The largest absolute Gasteiger partial charge is 0.356 e. The van der Waals surface area contributed by atoms with E-state index in [-0.39, 0.29) is 6.29 Å². The number of hydrogen-bond donors (Lipinski definition) is 0. The first-order valence-corrected chi connectivity index (χ1v) is 6.10. The molecule has 1 aromatic carbocycles. The molecule has 0 amide bonds. The lowest BCUT2D eigenvalue weighted by Gasteiger charge is -2.20. The molecule has 0 bridgehead atoms. The van der Waals surface area contributed by atoms with Gasteiger partial charge in [-0.1, -0.05) is 0 Å². The highest BCUT2D eigenvalue weighted by atomic mass is 16.7. The lowest BCUT2D eigenvalue weighted by Crippen LogP contribution is -2.12. The van der Waals surface area contributed by atoms with Crippen molar-refractivity contribution in [3.05, 3.63) is 33.4 Å². The standard InChI is InChI=1S/C15H24O2/c1-9-10(2)12(4)15(13(5)11(9)3)8-17-14(6)16-7/h14H,8H2,1-7H3. The Morgan fingerprint density at radius 1 is 0.824 bits per heavy atom. The van der Waals surface area contributed by atoms with E-state index in [0.717, 1.165) is 0 Å². The molecule has 96 valence electrons. The maximum absolute atomic E-state index is 5.67. The molecular weight excluding hydrogens is 212 g/mol. The lowest BCUT2D eigenvalue weighted by atomic mass is 9.90. The van der Waals surface area contributed by atoms with Crippen molar-refractivity contribution < 1.29 is 9.47 Å². The van der Waals surface area contributed by atoms with Crippen LogP contribution in [0, 0.1) is 34.6 Å². The van der Waals surface area contributed by atoms with Gasteiger partial charge in [0.1, 0.15) is 0 Å². The lowest BCUT2D eigenvalue weighted by molar-refractivity contribution is -0.118. The maximum atomic E-state index is 5.67. The minimum atomic E-state index is -0.157. The third-order valence-corrected chi connectivity index (χ3v) is 3.95. The molecule has 0 N–H and O–H groups in total. The zero-order valence-electron chi connectivity index (χ0n) is 12.1. The van der Waals surface area contributed by atoms with Gasteiger partial charge in [-0.3, -0.25) is 0 Å². The fourth-order valence-electron chi connectivity index (χ4n) is 2.06. The minimum Gasteiger partial charge on any atom is -0.356 e. The molecular formula is C15H24O2. The molecule has 0 aliphatic rings. The molecule has 0 saturated heterocycles. The van der Waals surface area contributed by atoms with Crippen LogP contribution in [0.2, 0.25) is 0 Å². The number of benzene rings is 1. The predicted octanol–water partition coefficient (Wildman–Crippen LogP) is 3.74. The Balaban J connectivity index is 3.07. The van der Waals surface area contributed by atoms with Crippen LogP contribution in [0.25, 0.3) is 0 Å². The number of hydrogen-bond acceptors (Lipinski definition) is 2. The normalized spacial score (nSPS) is 12.9. The van der Waals surface area contributed by atoms with Crippen molar-refractivity contribution in [2.24, 2.45) is 0 Å². The van der Waals surface area contributed by atoms with Gasteiger partial charge in [-0.2, -0.15) is 0 Å². The summed E-state index contributed by atoms with van der Waals surface area (Å²) in [4.78, 5) is 0. The van der Waals surface area contributed by atoms with Crippen LogP contribution in [0.15, 0.2) is 0 Å². The summed E-state index contributed by atoms with van der Waals surface area (Å²) in [6.07, 6.45) is -0.157. The second-order valence-corrected chi connectivity index (χ2v) is 4.72. The summed E-state index contributed by atoms with van der Waals surface area (Å²) in [7, 11) is 1.66. The van der Waals surface area contributed by atoms with Crippen LogP contribution in [-0.2, 0) is 16.1 Å². The Bertz CT molecular complexity index is 379. The monoisotopic (exact) mass is 236 g/mol. The van der Waals surface area contributed by atoms with Crippen LogP contribution in [-0.4, -0.2) is 13.4 Å². The zero-order chi connectivity index (χ0) is 13.2. The molecule has 0 aliphatic carbocycles. The van der Waals surface area contributed by atoms with Crippen molar-refractivity contribution in [1.82, 2.24) is 0 Å². The summed E-state index contributed by atoms with van der Waals surface area (Å²) in [6, 6.07) is 0. The van der Waals surface area contributed by atoms with Crippen molar-refractivity contribution >= 4 is 0 Å². The van der Waals surface area contributed by atoms with Gasteiger partial charge in [0.2, 0.25) is 0 Å². The first kappa shape index (κ1) is 14.2. The highest BCUT2D eigenvalue weighted by Crippen LogP contribution is 2.26. The molecule has 0 aliphatic heterocycles. The summed E-state index contributed by atoms with van der Waals surface area (Å²) < 4.78 is 10.8. The highest BCUT2D eigenvalue weighted by Gasteiger charge is 2.13. The van der Waals surface area contributed by atoms with Gasteiger partial charge in [0.25, 0.3) is 0 Å². The van der Waals surface area contributed by atoms with Crippen LogP contribution in [0.5, 0.6) is 0 Å². The molecule has 1 rings (SSSR count). The molecule has 0 radical (unpaired) electrons. The second kappa shape index (κ2) is 5.65. The summed E-state index contributed by atoms with van der Waals surface area (Å²) in [5, 5.41) is 0. The minimum absolute atomic E-state index is 0.157. The molecule has 1 aromatic rings. The predicted molar refractivity (Wildman–Crippen MR) is 71.4 cm³/mol. The zero-order valence-corrected chi connectivity index (χ0v) is 12.1. The number of ether oxygens (including phenoxy) is 2. The van der Waals surface area contributed by atoms with Crippen LogP contribution in [0.4, 0.5) is 0 Å². The molecule has 1 unspecified atom stereocenters. The Kier molecular flexibility index (Phi) is 4.72. The highest BCUT2D eigenvalue weighted by molar-refractivity contribution is 5.49. The average molecular weight is 236 g/mol. The van der Waals surface area contributed by atoms with Crippen LogP contribution >= 0.6 is 0 Å². The summed E-state index contributed by atoms with van der Waals surface area (Å²) in [5.41, 5.74) is 8.12. The molecule has 2 heteroatoms. The van der Waals surface area contributed by atoms with Gasteiger partial charge in [0.15, 0.2) is 6.29 Å². The molecule has 17 heavy (non-hydrogen) atoms. The van der Waals surface area contributed by atoms with Crippen molar-refractivity contribution in [3.63, 3.8) is 0 Å². The second-order valence-electron chi connectivity index (χ2n) is 4.72. The van der Waals surface area contributed by atoms with Crippen molar-refractivity contribution in [2.75, 3.05) is 7.11 Å². The van der Waals surface area contributed by atoms with Crippen LogP contribution in [0.3, 0.4) is 0 Å². The Labute approximate surface area is 105 Å². The van der Waals surface area contributed by atoms with E-state index in [4.69, 9.17) is 9.47 Å². The topological polar surface area (TPSA) is 18.5 Å². The van der Waals surface area contributed by atoms with Crippen LogP contribution < -0.4 is 0 Å². The first-order valence-electron chi connectivity index (χ1n) is 6.10. The molecule has 2 nitrogen and oxygen atoms in total. The van der Waals surface area contributed by atoms with Crippen LogP contribution in [0.1, 0.15) is 40.3 Å². The van der Waals surface area contributed by atoms with E-state index in [0.29, 0.717) is 6.61 Å². The number of methoxy groups -OCH3 is 1. The summed E-state index contributed by atoms with van der Waals surface area (Å²) in [6.45, 7) is 13.4. The SMILES string of the molecule is COC(C)OCc1c(C)c(C)c(C)c(C)c1C.